The van der Waals surface area contributed by atoms with Crippen molar-refractivity contribution in [3.8, 4) is 11.5 Å². The molecule has 0 aliphatic rings. The van der Waals surface area contributed by atoms with Gasteiger partial charge in [-0.1, -0.05) is 54.2 Å². The van der Waals surface area contributed by atoms with Gasteiger partial charge in [-0.15, -0.1) is 0 Å². The highest BCUT2D eigenvalue weighted by molar-refractivity contribution is 9.10. The standard InChI is InChI=1S/C22H27BrN2O4/c1-3-4-5-8-13-28-20-10-7-6-9-18(20)22(27)25-24-21(26)15-29-19-12-11-17(23)14-16(19)2/h6-7,9-12,14H,3-5,8,13,15H2,1-2H3,(H,24,26)(H,25,27). The zero-order valence-electron chi connectivity index (χ0n) is 16.8. The molecule has 0 aliphatic carbocycles. The van der Waals surface area contributed by atoms with Crippen LogP contribution in [0.1, 0.15) is 48.5 Å². The van der Waals surface area contributed by atoms with E-state index in [1.54, 1.807) is 24.3 Å². The van der Waals surface area contributed by atoms with Crippen molar-refractivity contribution in [2.45, 2.75) is 39.5 Å². The van der Waals surface area contributed by atoms with Gasteiger partial charge in [0.25, 0.3) is 11.8 Å². The predicted molar refractivity (Wildman–Crippen MR) is 116 cm³/mol. The first kappa shape index (κ1) is 22.7. The van der Waals surface area contributed by atoms with Crippen LogP contribution in [0.4, 0.5) is 0 Å². The zero-order chi connectivity index (χ0) is 21.1. The summed E-state index contributed by atoms with van der Waals surface area (Å²) in [6.07, 6.45) is 4.36. The lowest BCUT2D eigenvalue weighted by atomic mass is 10.2. The smallest absolute Gasteiger partial charge is 0.276 e. The van der Waals surface area contributed by atoms with Crippen LogP contribution in [0.5, 0.6) is 11.5 Å². The highest BCUT2D eigenvalue weighted by Crippen LogP contribution is 2.22. The molecule has 0 heterocycles. The maximum absolute atomic E-state index is 12.4. The van der Waals surface area contributed by atoms with Gasteiger partial charge in [-0.3, -0.25) is 20.4 Å². The average molecular weight is 463 g/mol. The maximum Gasteiger partial charge on any atom is 0.276 e. The van der Waals surface area contributed by atoms with E-state index in [4.69, 9.17) is 9.47 Å². The van der Waals surface area contributed by atoms with Crippen LogP contribution in [0.15, 0.2) is 46.9 Å². The number of ether oxygens (including phenoxy) is 2. The Kier molecular flexibility index (Phi) is 9.50. The molecule has 2 aromatic carbocycles. The van der Waals surface area contributed by atoms with Crippen LogP contribution in [0, 0.1) is 6.92 Å². The summed E-state index contributed by atoms with van der Waals surface area (Å²) in [7, 11) is 0. The van der Waals surface area contributed by atoms with Crippen molar-refractivity contribution >= 4 is 27.7 Å². The zero-order valence-corrected chi connectivity index (χ0v) is 18.4. The highest BCUT2D eigenvalue weighted by atomic mass is 79.9. The van der Waals surface area contributed by atoms with Gasteiger partial charge in [0.15, 0.2) is 6.61 Å². The fourth-order valence-electron chi connectivity index (χ4n) is 2.64. The van der Waals surface area contributed by atoms with E-state index in [-0.39, 0.29) is 6.61 Å². The van der Waals surface area contributed by atoms with Gasteiger partial charge in [0.05, 0.1) is 12.2 Å². The number of para-hydroxylation sites is 1. The summed E-state index contributed by atoms with van der Waals surface area (Å²) in [5.74, 6) is 0.204. The molecule has 0 atom stereocenters. The first-order chi connectivity index (χ1) is 14.0. The Morgan fingerprint density at radius 2 is 1.76 bits per heavy atom. The van der Waals surface area contributed by atoms with E-state index in [9.17, 15) is 9.59 Å². The molecule has 7 heteroatoms. The Balaban J connectivity index is 1.81. The number of halogens is 1. The molecular weight excluding hydrogens is 436 g/mol. The van der Waals surface area contributed by atoms with Crippen LogP contribution in [0.3, 0.4) is 0 Å². The second-order valence-electron chi connectivity index (χ2n) is 6.61. The molecule has 6 nitrogen and oxygen atoms in total. The largest absolute Gasteiger partial charge is 0.493 e. The molecule has 0 saturated carbocycles. The monoisotopic (exact) mass is 462 g/mol. The van der Waals surface area contributed by atoms with Gasteiger partial charge >= 0.3 is 0 Å². The first-order valence-corrected chi connectivity index (χ1v) is 10.5. The number of rotatable bonds is 10. The molecule has 0 radical (unpaired) electrons. The molecule has 156 valence electrons. The van der Waals surface area contributed by atoms with Gasteiger partial charge in [-0.2, -0.15) is 0 Å². The highest BCUT2D eigenvalue weighted by Gasteiger charge is 2.13. The van der Waals surface area contributed by atoms with Gasteiger partial charge in [0, 0.05) is 4.47 Å². The molecule has 29 heavy (non-hydrogen) atoms. The molecule has 0 unspecified atom stereocenters. The van der Waals surface area contributed by atoms with E-state index in [0.717, 1.165) is 29.3 Å². The summed E-state index contributed by atoms with van der Waals surface area (Å²) in [5, 5.41) is 0. The lowest BCUT2D eigenvalue weighted by Crippen LogP contribution is -2.44. The third-order valence-electron chi connectivity index (χ3n) is 4.20. The minimum Gasteiger partial charge on any atom is -0.493 e. The summed E-state index contributed by atoms with van der Waals surface area (Å²) < 4.78 is 12.2. The number of aryl methyl sites for hydroxylation is 1. The second kappa shape index (κ2) is 12.1. The Bertz CT molecular complexity index is 826. The third kappa shape index (κ3) is 7.77. The Labute approximate surface area is 180 Å². The third-order valence-corrected chi connectivity index (χ3v) is 4.69. The average Bonchev–Trinajstić information content (AvgIpc) is 2.71. The van der Waals surface area contributed by atoms with Gasteiger partial charge in [-0.25, -0.2) is 0 Å². The lowest BCUT2D eigenvalue weighted by molar-refractivity contribution is -0.123. The minimum absolute atomic E-state index is 0.210. The van der Waals surface area contributed by atoms with E-state index in [2.05, 4.69) is 33.7 Å². The summed E-state index contributed by atoms with van der Waals surface area (Å²) in [6, 6.07) is 12.5. The molecular formula is C22H27BrN2O4. The summed E-state index contributed by atoms with van der Waals surface area (Å²) in [6.45, 7) is 4.38. The van der Waals surface area contributed by atoms with Crippen molar-refractivity contribution in [3.05, 3.63) is 58.1 Å². The van der Waals surface area contributed by atoms with Crippen LogP contribution in [-0.2, 0) is 4.79 Å². The number of benzene rings is 2. The molecule has 2 aromatic rings. The first-order valence-electron chi connectivity index (χ1n) is 9.71. The van der Waals surface area contributed by atoms with Crippen LogP contribution >= 0.6 is 15.9 Å². The van der Waals surface area contributed by atoms with Crippen molar-refractivity contribution in [2.75, 3.05) is 13.2 Å². The van der Waals surface area contributed by atoms with Crippen LogP contribution in [0.2, 0.25) is 0 Å². The molecule has 0 spiro atoms. The Morgan fingerprint density at radius 3 is 2.52 bits per heavy atom. The van der Waals surface area contributed by atoms with Gasteiger partial charge in [0.1, 0.15) is 11.5 Å². The molecule has 0 bridgehead atoms. The van der Waals surface area contributed by atoms with Gasteiger partial charge < -0.3 is 9.47 Å². The Morgan fingerprint density at radius 1 is 0.966 bits per heavy atom. The second-order valence-corrected chi connectivity index (χ2v) is 7.52. The van der Waals surface area contributed by atoms with Crippen LogP contribution in [0.25, 0.3) is 0 Å². The lowest BCUT2D eigenvalue weighted by Gasteiger charge is -2.13. The molecule has 0 fully saturated rings. The van der Waals surface area contributed by atoms with Crippen molar-refractivity contribution in [3.63, 3.8) is 0 Å². The molecule has 0 aromatic heterocycles. The van der Waals surface area contributed by atoms with Crippen LogP contribution in [-0.4, -0.2) is 25.0 Å². The number of hydrogen-bond acceptors (Lipinski definition) is 4. The van der Waals surface area contributed by atoms with Crippen molar-refractivity contribution < 1.29 is 19.1 Å². The number of unbranched alkanes of at least 4 members (excludes halogenated alkanes) is 3. The van der Waals surface area contributed by atoms with Crippen molar-refractivity contribution in [1.29, 1.82) is 0 Å². The number of carbonyl (C=O) groups excluding carboxylic acids is 2. The maximum atomic E-state index is 12.4. The van der Waals surface area contributed by atoms with Crippen LogP contribution < -0.4 is 20.3 Å². The van der Waals surface area contributed by atoms with Crippen molar-refractivity contribution in [2.24, 2.45) is 0 Å². The number of amides is 2. The number of nitrogens with one attached hydrogen (secondary N) is 2. The number of hydrazine groups is 1. The van der Waals surface area contributed by atoms with E-state index >= 15 is 0 Å². The van der Waals surface area contributed by atoms with E-state index in [1.165, 1.54) is 6.42 Å². The Hall–Kier alpha value is -2.54. The fraction of sp³-hybridized carbons (Fsp3) is 0.364. The number of hydrogen-bond donors (Lipinski definition) is 2. The molecule has 2 N–H and O–H groups in total. The van der Waals surface area contributed by atoms with Gasteiger partial charge in [-0.05, 0) is 49.2 Å². The summed E-state index contributed by atoms with van der Waals surface area (Å²) in [5.41, 5.74) is 6.04. The fourth-order valence-corrected chi connectivity index (χ4v) is 3.11. The summed E-state index contributed by atoms with van der Waals surface area (Å²) in [4.78, 5) is 24.4. The normalized spacial score (nSPS) is 10.3. The molecule has 2 amide bonds. The van der Waals surface area contributed by atoms with E-state index < -0.39 is 11.8 Å². The van der Waals surface area contributed by atoms with Gasteiger partial charge in [0.2, 0.25) is 0 Å². The topological polar surface area (TPSA) is 76.7 Å². The van der Waals surface area contributed by atoms with E-state index in [0.29, 0.717) is 23.7 Å². The summed E-state index contributed by atoms with van der Waals surface area (Å²) >= 11 is 3.38. The molecule has 0 aliphatic heterocycles. The number of carbonyl (C=O) groups is 2. The SMILES string of the molecule is CCCCCCOc1ccccc1C(=O)NNC(=O)COc1ccc(Br)cc1C. The quantitative estimate of drug-likeness (QED) is 0.400. The van der Waals surface area contributed by atoms with Crippen molar-refractivity contribution in [1.82, 2.24) is 10.9 Å². The molecule has 0 saturated heterocycles. The van der Waals surface area contributed by atoms with E-state index in [1.807, 2.05) is 25.1 Å². The molecule has 2 rings (SSSR count). The minimum atomic E-state index is -0.460. The predicted octanol–water partition coefficient (Wildman–Crippen LogP) is 4.56.